The summed E-state index contributed by atoms with van der Waals surface area (Å²) in [5.41, 5.74) is 2.02. The van der Waals surface area contributed by atoms with Crippen LogP contribution in [0.5, 0.6) is 0 Å². The molecule has 0 aliphatic carbocycles. The maximum absolute atomic E-state index is 12.9. The number of carbonyl (C=O) groups is 1. The van der Waals surface area contributed by atoms with Gasteiger partial charge in [0.05, 0.1) is 12.6 Å². The number of hydrogen-bond donors (Lipinski definition) is 1. The van der Waals surface area contributed by atoms with Gasteiger partial charge in [0.15, 0.2) is 5.65 Å². The second-order valence-electron chi connectivity index (χ2n) is 5.63. The molecule has 7 heteroatoms. The molecule has 0 unspecified atom stereocenters. The number of hydrogen-bond acceptors (Lipinski definition) is 4. The number of halogens is 1. The van der Waals surface area contributed by atoms with Crippen LogP contribution in [-0.4, -0.2) is 33.6 Å². The van der Waals surface area contributed by atoms with E-state index in [-0.39, 0.29) is 17.8 Å². The van der Waals surface area contributed by atoms with E-state index in [4.69, 9.17) is 4.74 Å². The fourth-order valence-electron chi connectivity index (χ4n) is 2.89. The molecule has 6 nitrogen and oxygen atoms in total. The molecule has 1 N–H and O–H groups in total. The van der Waals surface area contributed by atoms with Gasteiger partial charge in [0, 0.05) is 18.3 Å². The molecule has 3 aromatic rings. The van der Waals surface area contributed by atoms with Gasteiger partial charge < -0.3 is 14.6 Å². The monoisotopic (exact) mass is 326 g/mol. The van der Waals surface area contributed by atoms with Crippen LogP contribution in [0.25, 0.3) is 11.2 Å². The lowest BCUT2D eigenvalue weighted by molar-refractivity contribution is 0.0551. The van der Waals surface area contributed by atoms with E-state index in [1.807, 2.05) is 16.7 Å². The Kier molecular flexibility index (Phi) is 3.70. The van der Waals surface area contributed by atoms with Crippen LogP contribution in [0, 0.1) is 5.82 Å². The maximum atomic E-state index is 12.9. The first-order valence-electron chi connectivity index (χ1n) is 7.66. The van der Waals surface area contributed by atoms with E-state index in [1.54, 1.807) is 6.20 Å². The van der Waals surface area contributed by atoms with Crippen molar-refractivity contribution in [3.8, 4) is 0 Å². The van der Waals surface area contributed by atoms with Gasteiger partial charge in [-0.15, -0.1) is 0 Å². The summed E-state index contributed by atoms with van der Waals surface area (Å²) in [7, 11) is 0. The van der Waals surface area contributed by atoms with Crippen molar-refractivity contribution in [3.05, 3.63) is 59.8 Å². The molecule has 0 radical (unpaired) electrons. The molecule has 1 aliphatic rings. The highest BCUT2D eigenvalue weighted by Gasteiger charge is 2.25. The van der Waals surface area contributed by atoms with E-state index in [1.165, 1.54) is 24.3 Å². The highest BCUT2D eigenvalue weighted by molar-refractivity contribution is 5.94. The number of fused-ring (bicyclic) bond motifs is 3. The van der Waals surface area contributed by atoms with Crippen molar-refractivity contribution in [3.63, 3.8) is 0 Å². The van der Waals surface area contributed by atoms with Gasteiger partial charge in [0.25, 0.3) is 5.91 Å². The average Bonchev–Trinajstić information content (AvgIpc) is 2.99. The molecule has 0 fully saturated rings. The molecule has 0 saturated heterocycles. The number of carbonyl (C=O) groups excluding carboxylic acids is 1. The topological polar surface area (TPSA) is 69.0 Å². The maximum Gasteiger partial charge on any atom is 0.251 e. The third-order valence-corrected chi connectivity index (χ3v) is 4.03. The lowest BCUT2D eigenvalue weighted by Crippen LogP contribution is -2.35. The molecule has 0 saturated carbocycles. The van der Waals surface area contributed by atoms with Gasteiger partial charge in [0.1, 0.15) is 23.8 Å². The number of rotatable bonds is 3. The third-order valence-electron chi connectivity index (χ3n) is 4.03. The van der Waals surface area contributed by atoms with Gasteiger partial charge in [-0.3, -0.25) is 4.79 Å². The van der Waals surface area contributed by atoms with Gasteiger partial charge >= 0.3 is 0 Å². The van der Waals surface area contributed by atoms with Gasteiger partial charge in [-0.1, -0.05) is 0 Å². The first-order valence-corrected chi connectivity index (χ1v) is 7.66. The number of imidazole rings is 1. The van der Waals surface area contributed by atoms with Crippen molar-refractivity contribution in [1.29, 1.82) is 0 Å². The Morgan fingerprint density at radius 2 is 2.17 bits per heavy atom. The smallest absolute Gasteiger partial charge is 0.251 e. The third kappa shape index (κ3) is 2.63. The van der Waals surface area contributed by atoms with Crippen LogP contribution in [0.15, 0.2) is 42.6 Å². The van der Waals surface area contributed by atoms with Crippen molar-refractivity contribution >= 4 is 17.1 Å². The van der Waals surface area contributed by atoms with Crippen LogP contribution in [0.4, 0.5) is 4.39 Å². The first kappa shape index (κ1) is 14.8. The molecular formula is C17H15FN4O2. The minimum absolute atomic E-state index is 0.0851. The molecule has 24 heavy (non-hydrogen) atoms. The van der Waals surface area contributed by atoms with E-state index in [0.29, 0.717) is 25.3 Å². The van der Waals surface area contributed by atoms with Gasteiger partial charge in [-0.2, -0.15) is 0 Å². The largest absolute Gasteiger partial charge is 0.371 e. The molecule has 3 heterocycles. The Labute approximate surface area is 137 Å². The first-order chi connectivity index (χ1) is 11.7. The summed E-state index contributed by atoms with van der Waals surface area (Å²) >= 11 is 0. The summed E-state index contributed by atoms with van der Waals surface area (Å²) in [6.45, 7) is 1.28. The Morgan fingerprint density at radius 3 is 3.00 bits per heavy atom. The molecule has 2 aromatic heterocycles. The highest BCUT2D eigenvalue weighted by Crippen LogP contribution is 2.24. The Balaban J connectivity index is 1.54. The summed E-state index contributed by atoms with van der Waals surface area (Å²) in [5, 5.41) is 2.87. The van der Waals surface area contributed by atoms with E-state index in [2.05, 4.69) is 15.3 Å². The van der Waals surface area contributed by atoms with Crippen molar-refractivity contribution in [2.75, 3.05) is 13.2 Å². The predicted molar refractivity (Wildman–Crippen MR) is 85.0 cm³/mol. The normalized spacial score (nSPS) is 16.8. The van der Waals surface area contributed by atoms with Crippen molar-refractivity contribution in [2.24, 2.45) is 0 Å². The highest BCUT2D eigenvalue weighted by atomic mass is 19.1. The van der Waals surface area contributed by atoms with Crippen LogP contribution in [0.3, 0.4) is 0 Å². The number of nitrogens with one attached hydrogen (secondary N) is 1. The minimum atomic E-state index is -0.368. The zero-order chi connectivity index (χ0) is 16.5. The van der Waals surface area contributed by atoms with Crippen LogP contribution in [0.2, 0.25) is 0 Å². The van der Waals surface area contributed by atoms with Crippen molar-refractivity contribution in [2.45, 2.75) is 12.6 Å². The van der Waals surface area contributed by atoms with Gasteiger partial charge in [0.2, 0.25) is 0 Å². The molecule has 0 spiro atoms. The van der Waals surface area contributed by atoms with Crippen LogP contribution >= 0.6 is 0 Å². The second-order valence-corrected chi connectivity index (χ2v) is 5.63. The fourth-order valence-corrected chi connectivity index (χ4v) is 2.89. The standard InChI is InChI=1S/C17H15FN4O2/c18-12-5-3-11(4-6-12)17(23)20-8-13-9-24-10-15-21-14-2-1-7-19-16(14)22(13)15/h1-7,13H,8-10H2,(H,20,23)/t13-/m0/s1. The van der Waals surface area contributed by atoms with Crippen LogP contribution in [-0.2, 0) is 11.3 Å². The molecule has 1 aliphatic heterocycles. The minimum Gasteiger partial charge on any atom is -0.371 e. The zero-order valence-corrected chi connectivity index (χ0v) is 12.8. The molecule has 0 bridgehead atoms. The summed E-state index contributed by atoms with van der Waals surface area (Å²) in [6.07, 6.45) is 1.72. The number of ether oxygens (including phenoxy) is 1. The quantitative estimate of drug-likeness (QED) is 0.800. The van der Waals surface area contributed by atoms with E-state index in [0.717, 1.165) is 17.0 Å². The van der Waals surface area contributed by atoms with Crippen LogP contribution < -0.4 is 5.32 Å². The zero-order valence-electron chi connectivity index (χ0n) is 12.8. The Morgan fingerprint density at radius 1 is 1.33 bits per heavy atom. The number of pyridine rings is 1. The molecule has 1 aromatic carbocycles. The van der Waals surface area contributed by atoms with E-state index >= 15 is 0 Å². The Bertz CT molecular complexity index is 891. The molecule has 1 atom stereocenters. The summed E-state index contributed by atoms with van der Waals surface area (Å²) in [4.78, 5) is 21.1. The number of amides is 1. The molecule has 4 rings (SSSR count). The van der Waals surface area contributed by atoms with Crippen molar-refractivity contribution < 1.29 is 13.9 Å². The second kappa shape index (κ2) is 6.01. The summed E-state index contributed by atoms with van der Waals surface area (Å²) in [6, 6.07) is 9.12. The number of benzene rings is 1. The lowest BCUT2D eigenvalue weighted by Gasteiger charge is -2.25. The lowest BCUT2D eigenvalue weighted by atomic mass is 10.2. The van der Waals surface area contributed by atoms with E-state index < -0.39 is 0 Å². The Hall–Kier alpha value is -2.80. The number of aromatic nitrogens is 3. The fraction of sp³-hybridized carbons (Fsp3) is 0.235. The van der Waals surface area contributed by atoms with Crippen LogP contribution in [0.1, 0.15) is 22.2 Å². The predicted octanol–water partition coefficient (Wildman–Crippen LogP) is 2.07. The van der Waals surface area contributed by atoms with Gasteiger partial charge in [-0.05, 0) is 36.4 Å². The summed E-state index contributed by atoms with van der Waals surface area (Å²) in [5.74, 6) is 0.184. The van der Waals surface area contributed by atoms with Gasteiger partial charge in [-0.25, -0.2) is 14.4 Å². The molecule has 1 amide bonds. The molecular weight excluding hydrogens is 311 g/mol. The number of nitrogens with zero attached hydrogens (tertiary/aromatic N) is 3. The van der Waals surface area contributed by atoms with Crippen molar-refractivity contribution in [1.82, 2.24) is 19.9 Å². The van der Waals surface area contributed by atoms with E-state index in [9.17, 15) is 9.18 Å². The molecule has 122 valence electrons. The summed E-state index contributed by atoms with van der Waals surface area (Å²) < 4.78 is 20.5. The average molecular weight is 326 g/mol. The SMILES string of the molecule is O=C(NC[C@H]1COCc2nc3cccnc3n21)c1ccc(F)cc1.